The molecule has 2 nitrogen and oxygen atoms in total. The Morgan fingerprint density at radius 3 is 2.41 bits per heavy atom. The molecular formula is C12H17F3N2. The van der Waals surface area contributed by atoms with E-state index in [-0.39, 0.29) is 11.9 Å². The zero-order valence-electron chi connectivity index (χ0n) is 10.2. The van der Waals surface area contributed by atoms with Crippen LogP contribution >= 0.6 is 0 Å². The number of anilines is 1. The number of rotatable bonds is 4. The number of aromatic nitrogens is 1. The van der Waals surface area contributed by atoms with E-state index in [0.29, 0.717) is 5.92 Å². The van der Waals surface area contributed by atoms with Crippen LogP contribution in [0.15, 0.2) is 18.2 Å². The molecule has 0 amide bonds. The first-order chi connectivity index (χ1) is 7.84. The molecule has 1 N–H and O–H groups in total. The normalized spacial score (nSPS) is 13.8. The van der Waals surface area contributed by atoms with Gasteiger partial charge in [-0.1, -0.05) is 26.8 Å². The SMILES string of the molecule is CCC(Nc1cccc(C(F)(F)F)n1)C(C)C. The van der Waals surface area contributed by atoms with E-state index in [1.165, 1.54) is 6.07 Å². The maximum absolute atomic E-state index is 12.5. The molecule has 1 atom stereocenters. The van der Waals surface area contributed by atoms with Gasteiger partial charge in [-0.05, 0) is 24.5 Å². The molecule has 0 aliphatic rings. The first-order valence-electron chi connectivity index (χ1n) is 5.65. The molecule has 17 heavy (non-hydrogen) atoms. The van der Waals surface area contributed by atoms with E-state index in [9.17, 15) is 13.2 Å². The third-order valence-corrected chi connectivity index (χ3v) is 2.62. The highest BCUT2D eigenvalue weighted by Gasteiger charge is 2.32. The molecule has 96 valence electrons. The van der Waals surface area contributed by atoms with Gasteiger partial charge in [0.25, 0.3) is 0 Å². The number of nitrogens with one attached hydrogen (secondary N) is 1. The molecule has 1 aromatic heterocycles. The van der Waals surface area contributed by atoms with E-state index in [4.69, 9.17) is 0 Å². The number of pyridine rings is 1. The van der Waals surface area contributed by atoms with Crippen LogP contribution in [0.1, 0.15) is 32.9 Å². The van der Waals surface area contributed by atoms with Crippen molar-refractivity contribution in [3.05, 3.63) is 23.9 Å². The Balaban J connectivity index is 2.85. The van der Waals surface area contributed by atoms with Crippen molar-refractivity contribution in [2.24, 2.45) is 5.92 Å². The van der Waals surface area contributed by atoms with Gasteiger partial charge in [0.2, 0.25) is 0 Å². The van der Waals surface area contributed by atoms with Crippen molar-refractivity contribution in [1.29, 1.82) is 0 Å². The highest BCUT2D eigenvalue weighted by Crippen LogP contribution is 2.28. The molecule has 5 heteroatoms. The number of nitrogens with zero attached hydrogens (tertiary/aromatic N) is 1. The maximum Gasteiger partial charge on any atom is 0.433 e. The second-order valence-electron chi connectivity index (χ2n) is 4.31. The summed E-state index contributed by atoms with van der Waals surface area (Å²) in [6.45, 7) is 6.04. The van der Waals surface area contributed by atoms with E-state index >= 15 is 0 Å². The molecule has 1 aromatic rings. The summed E-state index contributed by atoms with van der Waals surface area (Å²) in [5.41, 5.74) is -0.860. The quantitative estimate of drug-likeness (QED) is 0.870. The summed E-state index contributed by atoms with van der Waals surface area (Å²) in [7, 11) is 0. The van der Waals surface area contributed by atoms with Crippen molar-refractivity contribution in [1.82, 2.24) is 4.98 Å². The number of hydrogen-bond donors (Lipinski definition) is 1. The van der Waals surface area contributed by atoms with Crippen LogP contribution in [0, 0.1) is 5.92 Å². The van der Waals surface area contributed by atoms with Crippen LogP contribution in [0.5, 0.6) is 0 Å². The van der Waals surface area contributed by atoms with Gasteiger partial charge in [-0.15, -0.1) is 0 Å². The third kappa shape index (κ3) is 3.91. The molecule has 1 heterocycles. The van der Waals surface area contributed by atoms with Gasteiger partial charge in [0.05, 0.1) is 0 Å². The fourth-order valence-corrected chi connectivity index (χ4v) is 1.60. The second-order valence-corrected chi connectivity index (χ2v) is 4.31. The summed E-state index contributed by atoms with van der Waals surface area (Å²) in [5.74, 6) is 0.622. The van der Waals surface area contributed by atoms with E-state index in [2.05, 4.69) is 10.3 Å². The summed E-state index contributed by atoms with van der Waals surface area (Å²) in [5, 5.41) is 3.03. The Morgan fingerprint density at radius 2 is 1.94 bits per heavy atom. The van der Waals surface area contributed by atoms with Gasteiger partial charge in [-0.3, -0.25) is 0 Å². The minimum atomic E-state index is -4.39. The Morgan fingerprint density at radius 1 is 1.29 bits per heavy atom. The zero-order valence-corrected chi connectivity index (χ0v) is 10.2. The van der Waals surface area contributed by atoms with Crippen molar-refractivity contribution in [2.75, 3.05) is 5.32 Å². The van der Waals surface area contributed by atoms with Crippen LogP contribution in [-0.4, -0.2) is 11.0 Å². The van der Waals surface area contributed by atoms with Gasteiger partial charge in [0.1, 0.15) is 11.5 Å². The molecule has 1 rings (SSSR count). The molecule has 0 fully saturated rings. The molecule has 1 unspecified atom stereocenters. The fraction of sp³-hybridized carbons (Fsp3) is 0.583. The molecule has 0 saturated heterocycles. The number of alkyl halides is 3. The van der Waals surface area contributed by atoms with Gasteiger partial charge in [0, 0.05) is 6.04 Å². The fourth-order valence-electron chi connectivity index (χ4n) is 1.60. The second kappa shape index (κ2) is 5.38. The molecule has 0 bridgehead atoms. The Hall–Kier alpha value is -1.26. The number of hydrogen-bond acceptors (Lipinski definition) is 2. The van der Waals surface area contributed by atoms with Crippen molar-refractivity contribution in [3.8, 4) is 0 Å². The number of halogens is 3. The maximum atomic E-state index is 12.5. The molecule has 0 radical (unpaired) electrons. The molecule has 0 aromatic carbocycles. The lowest BCUT2D eigenvalue weighted by atomic mass is 10.0. The predicted octanol–water partition coefficient (Wildman–Crippen LogP) is 3.95. The monoisotopic (exact) mass is 246 g/mol. The van der Waals surface area contributed by atoms with Crippen molar-refractivity contribution < 1.29 is 13.2 Å². The van der Waals surface area contributed by atoms with Gasteiger partial charge < -0.3 is 5.32 Å². The summed E-state index contributed by atoms with van der Waals surface area (Å²) < 4.78 is 37.4. The van der Waals surface area contributed by atoms with Crippen LogP contribution in [0.4, 0.5) is 19.0 Å². The highest BCUT2D eigenvalue weighted by molar-refractivity contribution is 5.37. The minimum absolute atomic E-state index is 0.131. The standard InChI is InChI=1S/C12H17F3N2/c1-4-9(8(2)3)16-11-7-5-6-10(17-11)12(13,14)15/h5-9H,4H2,1-3H3,(H,16,17). The largest absolute Gasteiger partial charge is 0.433 e. The van der Waals surface area contributed by atoms with E-state index in [1.807, 2.05) is 20.8 Å². The van der Waals surface area contributed by atoms with Crippen LogP contribution < -0.4 is 5.32 Å². The Bertz CT molecular complexity index is 361. The molecule has 0 saturated carbocycles. The topological polar surface area (TPSA) is 24.9 Å². The zero-order chi connectivity index (χ0) is 13.1. The van der Waals surface area contributed by atoms with Crippen LogP contribution in [-0.2, 0) is 6.18 Å². The van der Waals surface area contributed by atoms with Crippen LogP contribution in [0.3, 0.4) is 0 Å². The smallest absolute Gasteiger partial charge is 0.367 e. The summed E-state index contributed by atoms with van der Waals surface area (Å²) in [6.07, 6.45) is -3.55. The van der Waals surface area contributed by atoms with E-state index in [1.54, 1.807) is 6.07 Å². The lowest BCUT2D eigenvalue weighted by molar-refractivity contribution is -0.141. The van der Waals surface area contributed by atoms with Gasteiger partial charge in [0.15, 0.2) is 0 Å². The summed E-state index contributed by atoms with van der Waals surface area (Å²) >= 11 is 0. The molecular weight excluding hydrogens is 229 g/mol. The van der Waals surface area contributed by atoms with Gasteiger partial charge in [-0.2, -0.15) is 13.2 Å². The van der Waals surface area contributed by atoms with Crippen LogP contribution in [0.25, 0.3) is 0 Å². The van der Waals surface area contributed by atoms with E-state index < -0.39 is 11.9 Å². The molecule has 0 aliphatic heterocycles. The highest BCUT2D eigenvalue weighted by atomic mass is 19.4. The van der Waals surface area contributed by atoms with Gasteiger partial charge >= 0.3 is 6.18 Å². The molecule has 0 aliphatic carbocycles. The Labute approximate surface area is 99.3 Å². The third-order valence-electron chi connectivity index (χ3n) is 2.62. The lowest BCUT2D eigenvalue weighted by Gasteiger charge is -2.21. The summed E-state index contributed by atoms with van der Waals surface area (Å²) in [4.78, 5) is 3.58. The van der Waals surface area contributed by atoms with Crippen molar-refractivity contribution >= 4 is 5.82 Å². The van der Waals surface area contributed by atoms with Crippen molar-refractivity contribution in [3.63, 3.8) is 0 Å². The average Bonchev–Trinajstić information content (AvgIpc) is 2.24. The average molecular weight is 246 g/mol. The lowest BCUT2D eigenvalue weighted by Crippen LogP contribution is -2.25. The first kappa shape index (κ1) is 13.8. The van der Waals surface area contributed by atoms with E-state index in [0.717, 1.165) is 12.5 Å². The summed E-state index contributed by atoms with van der Waals surface area (Å²) in [6, 6.07) is 4.03. The molecule has 0 spiro atoms. The minimum Gasteiger partial charge on any atom is -0.367 e. The Kier molecular flexibility index (Phi) is 4.37. The first-order valence-corrected chi connectivity index (χ1v) is 5.65. The van der Waals surface area contributed by atoms with Gasteiger partial charge in [-0.25, -0.2) is 4.98 Å². The van der Waals surface area contributed by atoms with Crippen molar-refractivity contribution in [2.45, 2.75) is 39.4 Å². The predicted molar refractivity (Wildman–Crippen MR) is 61.8 cm³/mol. The van der Waals surface area contributed by atoms with Crippen LogP contribution in [0.2, 0.25) is 0 Å².